The number of likely N-dealkylation sites (N-methyl/N-ethyl adjacent to an activating group) is 1. The fraction of sp³-hybridized carbons (Fsp3) is 0.500. The molecule has 0 aliphatic rings. The number of imide groups is 1. The smallest absolute Gasteiger partial charge is 0.321 e. The van der Waals surface area contributed by atoms with Gasteiger partial charge in [0.05, 0.1) is 7.05 Å². The predicted molar refractivity (Wildman–Crippen MR) is 83.1 cm³/mol. The quantitative estimate of drug-likeness (QED) is 0.646. The summed E-state index contributed by atoms with van der Waals surface area (Å²) in [4.78, 5) is 24.3. The van der Waals surface area contributed by atoms with Gasteiger partial charge < -0.3 is 10.2 Å². The first-order chi connectivity index (χ1) is 10.0. The van der Waals surface area contributed by atoms with E-state index in [1.165, 1.54) is 11.1 Å². The third-order valence-electron chi connectivity index (χ3n) is 3.28. The number of aryl methyl sites for hydroxylation is 1. The third-order valence-corrected chi connectivity index (χ3v) is 3.28. The minimum atomic E-state index is -0.405. The van der Waals surface area contributed by atoms with Crippen LogP contribution < -0.4 is 15.5 Å². The molecule has 1 unspecified atom stereocenters. The molecule has 0 bridgehead atoms. The molecule has 0 aromatic heterocycles. The van der Waals surface area contributed by atoms with Crippen LogP contribution in [0.3, 0.4) is 0 Å². The van der Waals surface area contributed by atoms with Crippen LogP contribution in [0.5, 0.6) is 0 Å². The van der Waals surface area contributed by atoms with Crippen molar-refractivity contribution in [2.24, 2.45) is 0 Å². The number of hydrogen-bond donors (Lipinski definition) is 3. The van der Waals surface area contributed by atoms with E-state index in [9.17, 15) is 9.59 Å². The number of rotatable bonds is 7. The molecular formula is C16H26N3O2+. The lowest BCUT2D eigenvalue weighted by molar-refractivity contribution is -0.885. The number of carbonyl (C=O) groups is 2. The molecule has 1 rings (SSSR count). The van der Waals surface area contributed by atoms with Gasteiger partial charge in [0, 0.05) is 12.1 Å². The van der Waals surface area contributed by atoms with Gasteiger partial charge in [-0.05, 0) is 18.9 Å². The normalized spacial score (nSPS) is 11.8. The van der Waals surface area contributed by atoms with E-state index in [1.807, 2.05) is 19.2 Å². The second-order valence-electron chi connectivity index (χ2n) is 5.39. The number of carbonyl (C=O) groups excluding carboxylic acids is 2. The van der Waals surface area contributed by atoms with E-state index in [4.69, 9.17) is 0 Å². The molecule has 0 saturated heterocycles. The first-order valence-corrected chi connectivity index (χ1v) is 7.46. The number of urea groups is 1. The standard InChI is InChI=1S/C16H25N3O2/c1-4-5-10-17-16(21)18-15(20)12-19(3)11-14-9-7-6-8-13(14)2/h6-9H,4-5,10-12H2,1-3H3,(H2,17,18,20,21)/p+1. The molecule has 116 valence electrons. The van der Waals surface area contributed by atoms with Crippen molar-refractivity contribution >= 4 is 11.9 Å². The summed E-state index contributed by atoms with van der Waals surface area (Å²) in [6.45, 7) is 5.74. The second kappa shape index (κ2) is 9.13. The maximum atomic E-state index is 11.8. The highest BCUT2D eigenvalue weighted by atomic mass is 16.2. The highest BCUT2D eigenvalue weighted by Gasteiger charge is 2.13. The molecule has 0 aliphatic carbocycles. The van der Waals surface area contributed by atoms with E-state index in [2.05, 4.69) is 36.6 Å². The van der Waals surface area contributed by atoms with Crippen molar-refractivity contribution in [3.8, 4) is 0 Å². The number of amides is 3. The van der Waals surface area contributed by atoms with Crippen molar-refractivity contribution in [2.75, 3.05) is 20.1 Å². The Morgan fingerprint density at radius 2 is 1.95 bits per heavy atom. The largest absolute Gasteiger partial charge is 0.338 e. The van der Waals surface area contributed by atoms with Crippen molar-refractivity contribution in [2.45, 2.75) is 33.2 Å². The van der Waals surface area contributed by atoms with Crippen LogP contribution in [0.2, 0.25) is 0 Å². The van der Waals surface area contributed by atoms with Crippen molar-refractivity contribution < 1.29 is 14.5 Å². The summed E-state index contributed by atoms with van der Waals surface area (Å²) >= 11 is 0. The fourth-order valence-electron chi connectivity index (χ4n) is 2.06. The fourth-order valence-corrected chi connectivity index (χ4v) is 2.06. The van der Waals surface area contributed by atoms with E-state index in [0.717, 1.165) is 24.3 Å². The highest BCUT2D eigenvalue weighted by molar-refractivity contribution is 5.94. The zero-order chi connectivity index (χ0) is 15.7. The zero-order valence-corrected chi connectivity index (χ0v) is 13.2. The van der Waals surface area contributed by atoms with Gasteiger partial charge in [-0.1, -0.05) is 37.6 Å². The number of hydrogen-bond acceptors (Lipinski definition) is 2. The maximum Gasteiger partial charge on any atom is 0.321 e. The molecule has 3 N–H and O–H groups in total. The SMILES string of the molecule is CCCCNC(=O)NC(=O)C[NH+](C)Cc1ccccc1C. The predicted octanol–water partition coefficient (Wildman–Crippen LogP) is 0.636. The molecule has 1 atom stereocenters. The molecule has 0 fully saturated rings. The van der Waals surface area contributed by atoms with Crippen molar-refractivity contribution in [1.82, 2.24) is 10.6 Å². The average molecular weight is 292 g/mol. The average Bonchev–Trinajstić information content (AvgIpc) is 2.41. The van der Waals surface area contributed by atoms with E-state index in [-0.39, 0.29) is 12.5 Å². The van der Waals surface area contributed by atoms with Gasteiger partial charge in [0.25, 0.3) is 5.91 Å². The molecule has 0 saturated carbocycles. The highest BCUT2D eigenvalue weighted by Crippen LogP contribution is 2.04. The minimum absolute atomic E-state index is 0.255. The van der Waals surface area contributed by atoms with E-state index in [0.29, 0.717) is 6.54 Å². The molecule has 21 heavy (non-hydrogen) atoms. The van der Waals surface area contributed by atoms with Gasteiger partial charge in [-0.3, -0.25) is 10.1 Å². The summed E-state index contributed by atoms with van der Waals surface area (Å²) in [5.41, 5.74) is 2.43. The van der Waals surface area contributed by atoms with Crippen LogP contribution in [0, 0.1) is 6.92 Å². The molecule has 0 heterocycles. The van der Waals surface area contributed by atoms with E-state index < -0.39 is 6.03 Å². The maximum absolute atomic E-state index is 11.8. The Balaban J connectivity index is 2.34. The minimum Gasteiger partial charge on any atom is -0.338 e. The molecular weight excluding hydrogens is 266 g/mol. The summed E-state index contributed by atoms with van der Waals surface area (Å²) in [5.74, 6) is -0.255. The lowest BCUT2D eigenvalue weighted by atomic mass is 10.1. The summed E-state index contributed by atoms with van der Waals surface area (Å²) in [5, 5.41) is 5.03. The van der Waals surface area contributed by atoms with Crippen molar-refractivity contribution in [1.29, 1.82) is 0 Å². The molecule has 0 aliphatic heterocycles. The Hall–Kier alpha value is -1.88. The number of quaternary nitrogens is 1. The van der Waals surface area contributed by atoms with Crippen LogP contribution >= 0.6 is 0 Å². The Labute approximate surface area is 126 Å². The molecule has 0 spiro atoms. The molecule has 1 aromatic rings. The number of nitrogens with one attached hydrogen (secondary N) is 3. The van der Waals surface area contributed by atoms with Crippen LogP contribution in [0.15, 0.2) is 24.3 Å². The second-order valence-corrected chi connectivity index (χ2v) is 5.39. The number of unbranched alkanes of at least 4 members (excludes halogenated alkanes) is 1. The van der Waals surface area contributed by atoms with Crippen molar-refractivity contribution in [3.63, 3.8) is 0 Å². The summed E-state index contributed by atoms with van der Waals surface area (Å²) in [6, 6.07) is 7.72. The van der Waals surface area contributed by atoms with Gasteiger partial charge in [0.2, 0.25) is 0 Å². The topological polar surface area (TPSA) is 62.6 Å². The lowest BCUT2D eigenvalue weighted by Gasteiger charge is -2.15. The number of benzene rings is 1. The first-order valence-electron chi connectivity index (χ1n) is 7.46. The van der Waals surface area contributed by atoms with Gasteiger partial charge in [-0.25, -0.2) is 4.79 Å². The van der Waals surface area contributed by atoms with Crippen molar-refractivity contribution in [3.05, 3.63) is 35.4 Å². The van der Waals surface area contributed by atoms with E-state index >= 15 is 0 Å². The zero-order valence-electron chi connectivity index (χ0n) is 13.2. The van der Waals surface area contributed by atoms with Gasteiger partial charge in [0.15, 0.2) is 6.54 Å². The van der Waals surface area contributed by atoms with E-state index in [1.54, 1.807) is 0 Å². The monoisotopic (exact) mass is 292 g/mol. The lowest BCUT2D eigenvalue weighted by Crippen LogP contribution is -3.09. The Morgan fingerprint density at radius 1 is 1.24 bits per heavy atom. The van der Waals surface area contributed by atoms with Gasteiger partial charge in [0.1, 0.15) is 6.54 Å². The van der Waals surface area contributed by atoms with Crippen LogP contribution in [0.1, 0.15) is 30.9 Å². The molecule has 5 heteroatoms. The van der Waals surface area contributed by atoms with Crippen LogP contribution in [0.4, 0.5) is 4.79 Å². The van der Waals surface area contributed by atoms with Gasteiger partial charge in [-0.2, -0.15) is 0 Å². The Bertz CT molecular complexity index is 474. The molecule has 0 radical (unpaired) electrons. The molecule has 3 amide bonds. The van der Waals surface area contributed by atoms with Crippen LogP contribution in [0.25, 0.3) is 0 Å². The Kier molecular flexibility index (Phi) is 7.46. The van der Waals surface area contributed by atoms with Crippen LogP contribution in [-0.4, -0.2) is 32.1 Å². The summed E-state index contributed by atoms with van der Waals surface area (Å²) in [6.07, 6.45) is 1.93. The molecule has 1 aromatic carbocycles. The summed E-state index contributed by atoms with van der Waals surface area (Å²) < 4.78 is 0. The third kappa shape index (κ3) is 6.90. The van der Waals surface area contributed by atoms with Gasteiger partial charge >= 0.3 is 6.03 Å². The molecule has 5 nitrogen and oxygen atoms in total. The Morgan fingerprint density at radius 3 is 2.62 bits per heavy atom. The summed E-state index contributed by atoms with van der Waals surface area (Å²) in [7, 11) is 1.95. The van der Waals surface area contributed by atoms with Crippen LogP contribution in [-0.2, 0) is 11.3 Å². The first kappa shape index (κ1) is 17.2. The van der Waals surface area contributed by atoms with Gasteiger partial charge in [-0.15, -0.1) is 0 Å².